The van der Waals surface area contributed by atoms with E-state index in [-0.39, 0.29) is 5.38 Å². The van der Waals surface area contributed by atoms with Crippen LogP contribution in [0.15, 0.2) is 47.4 Å². The summed E-state index contributed by atoms with van der Waals surface area (Å²) in [7, 11) is 0. The Bertz CT molecular complexity index is 537. The van der Waals surface area contributed by atoms with Gasteiger partial charge in [0.15, 0.2) is 0 Å². The van der Waals surface area contributed by atoms with Gasteiger partial charge in [-0.3, -0.25) is 0 Å². The molecule has 0 saturated heterocycles. The fourth-order valence-electron chi connectivity index (χ4n) is 1.66. The van der Waals surface area contributed by atoms with Crippen LogP contribution >= 0.6 is 46.6 Å². The van der Waals surface area contributed by atoms with E-state index in [1.165, 1.54) is 4.90 Å². The predicted octanol–water partition coefficient (Wildman–Crippen LogP) is 6.04. The van der Waals surface area contributed by atoms with E-state index in [4.69, 9.17) is 34.8 Å². The zero-order valence-electron chi connectivity index (χ0n) is 9.66. The number of halogens is 3. The van der Waals surface area contributed by atoms with Crippen molar-refractivity contribution in [1.29, 1.82) is 0 Å². The molecule has 94 valence electrons. The predicted molar refractivity (Wildman–Crippen MR) is 82.4 cm³/mol. The summed E-state index contributed by atoms with van der Waals surface area (Å²) in [6, 6.07) is 13.5. The van der Waals surface area contributed by atoms with Gasteiger partial charge >= 0.3 is 0 Å². The number of thioether (sulfide) groups is 1. The van der Waals surface area contributed by atoms with Gasteiger partial charge in [0.2, 0.25) is 0 Å². The van der Waals surface area contributed by atoms with Crippen LogP contribution in [0.25, 0.3) is 0 Å². The van der Waals surface area contributed by atoms with Gasteiger partial charge < -0.3 is 0 Å². The molecular weight excluding hydrogens is 307 g/mol. The summed E-state index contributed by atoms with van der Waals surface area (Å²) in [5.41, 5.74) is 1.90. The van der Waals surface area contributed by atoms with E-state index in [1.54, 1.807) is 23.9 Å². The lowest BCUT2D eigenvalue weighted by atomic mass is 10.0. The van der Waals surface area contributed by atoms with E-state index < -0.39 is 0 Å². The third kappa shape index (κ3) is 3.16. The molecule has 0 N–H and O–H groups in total. The minimum absolute atomic E-state index is 0.259. The molecule has 2 aromatic carbocycles. The topological polar surface area (TPSA) is 0 Å². The summed E-state index contributed by atoms with van der Waals surface area (Å²) in [5, 5.41) is 0.951. The van der Waals surface area contributed by atoms with E-state index in [0.29, 0.717) is 10.0 Å². The van der Waals surface area contributed by atoms with E-state index in [1.807, 2.05) is 24.5 Å². The second-order valence-electron chi connectivity index (χ2n) is 3.80. The van der Waals surface area contributed by atoms with Crippen molar-refractivity contribution >= 4 is 46.6 Å². The summed E-state index contributed by atoms with van der Waals surface area (Å²) in [4.78, 5) is 1.21. The summed E-state index contributed by atoms with van der Waals surface area (Å²) >= 11 is 20.2. The van der Waals surface area contributed by atoms with Crippen molar-refractivity contribution in [1.82, 2.24) is 0 Å². The highest BCUT2D eigenvalue weighted by Gasteiger charge is 2.14. The Labute approximate surface area is 126 Å². The van der Waals surface area contributed by atoms with E-state index in [0.717, 1.165) is 11.1 Å². The number of rotatable bonds is 3. The van der Waals surface area contributed by atoms with Crippen LogP contribution in [-0.4, -0.2) is 6.26 Å². The second kappa shape index (κ2) is 6.21. The van der Waals surface area contributed by atoms with Crippen LogP contribution in [0.4, 0.5) is 0 Å². The molecule has 4 heteroatoms. The molecule has 0 aromatic heterocycles. The molecule has 0 spiro atoms. The van der Waals surface area contributed by atoms with Gasteiger partial charge in [-0.25, -0.2) is 0 Å². The van der Waals surface area contributed by atoms with Gasteiger partial charge in [-0.15, -0.1) is 23.4 Å². The lowest BCUT2D eigenvalue weighted by Gasteiger charge is -2.12. The maximum absolute atomic E-state index is 6.45. The summed E-state index contributed by atoms with van der Waals surface area (Å²) in [6.07, 6.45) is 2.04. The monoisotopic (exact) mass is 316 g/mol. The van der Waals surface area contributed by atoms with E-state index in [2.05, 4.69) is 12.1 Å². The SMILES string of the molecule is CSc1ccc(C(Cl)c2ccc(Cl)cc2Cl)cc1. The van der Waals surface area contributed by atoms with Crippen molar-refractivity contribution in [3.05, 3.63) is 63.6 Å². The first kappa shape index (κ1) is 14.1. The average molecular weight is 318 g/mol. The third-order valence-corrected chi connectivity index (χ3v) is 4.44. The molecule has 18 heavy (non-hydrogen) atoms. The van der Waals surface area contributed by atoms with Crippen LogP contribution in [0, 0.1) is 0 Å². The normalized spacial score (nSPS) is 12.4. The van der Waals surface area contributed by atoms with Crippen molar-refractivity contribution in [2.45, 2.75) is 10.3 Å². The highest BCUT2D eigenvalue weighted by molar-refractivity contribution is 7.98. The number of alkyl halides is 1. The van der Waals surface area contributed by atoms with Gasteiger partial charge in [-0.05, 0) is 41.6 Å². The van der Waals surface area contributed by atoms with Crippen molar-refractivity contribution in [3.63, 3.8) is 0 Å². The summed E-state index contributed by atoms with van der Waals surface area (Å²) in [6.45, 7) is 0. The van der Waals surface area contributed by atoms with Crippen molar-refractivity contribution in [2.24, 2.45) is 0 Å². The smallest absolute Gasteiger partial charge is 0.0849 e. The van der Waals surface area contributed by atoms with Crippen LogP contribution in [0.1, 0.15) is 16.5 Å². The maximum Gasteiger partial charge on any atom is 0.0849 e. The van der Waals surface area contributed by atoms with Crippen molar-refractivity contribution < 1.29 is 0 Å². The fourth-order valence-corrected chi connectivity index (χ4v) is 2.98. The molecule has 0 aliphatic rings. The zero-order valence-corrected chi connectivity index (χ0v) is 12.7. The van der Waals surface area contributed by atoms with Gasteiger partial charge in [0.25, 0.3) is 0 Å². The third-order valence-electron chi connectivity index (χ3n) is 2.64. The van der Waals surface area contributed by atoms with Crippen LogP contribution in [0.5, 0.6) is 0 Å². The lowest BCUT2D eigenvalue weighted by Crippen LogP contribution is -1.94. The standard InChI is InChI=1S/C14H11Cl3S/c1-18-11-5-2-9(3-6-11)14(17)12-7-4-10(15)8-13(12)16/h2-8,14H,1H3. The van der Waals surface area contributed by atoms with E-state index >= 15 is 0 Å². The Morgan fingerprint density at radius 2 is 1.67 bits per heavy atom. The van der Waals surface area contributed by atoms with Crippen molar-refractivity contribution in [3.8, 4) is 0 Å². The Kier molecular flexibility index (Phi) is 4.85. The molecule has 0 nitrogen and oxygen atoms in total. The maximum atomic E-state index is 6.45. The van der Waals surface area contributed by atoms with Gasteiger partial charge in [-0.1, -0.05) is 41.4 Å². The Morgan fingerprint density at radius 3 is 2.22 bits per heavy atom. The minimum atomic E-state index is -0.259. The van der Waals surface area contributed by atoms with Crippen molar-refractivity contribution in [2.75, 3.05) is 6.26 Å². The Hall–Kier alpha value is -0.340. The number of benzene rings is 2. The molecular formula is C14H11Cl3S. The molecule has 0 aliphatic carbocycles. The molecule has 0 saturated carbocycles. The summed E-state index contributed by atoms with van der Waals surface area (Å²) in [5.74, 6) is 0. The van der Waals surface area contributed by atoms with E-state index in [9.17, 15) is 0 Å². The van der Waals surface area contributed by atoms with Crippen LogP contribution in [0.3, 0.4) is 0 Å². The molecule has 0 radical (unpaired) electrons. The first-order chi connectivity index (χ1) is 8.61. The van der Waals surface area contributed by atoms with Crippen LogP contribution in [0.2, 0.25) is 10.0 Å². The van der Waals surface area contributed by atoms with Gasteiger partial charge in [0, 0.05) is 14.9 Å². The van der Waals surface area contributed by atoms with Gasteiger partial charge in [0.1, 0.15) is 0 Å². The Morgan fingerprint density at radius 1 is 1.00 bits per heavy atom. The molecule has 0 aliphatic heterocycles. The fraction of sp³-hybridized carbons (Fsp3) is 0.143. The quantitative estimate of drug-likeness (QED) is 0.491. The molecule has 2 aromatic rings. The highest BCUT2D eigenvalue weighted by Crippen LogP contribution is 2.35. The molecule has 0 amide bonds. The average Bonchev–Trinajstić information content (AvgIpc) is 2.38. The molecule has 0 heterocycles. The zero-order chi connectivity index (χ0) is 13.1. The minimum Gasteiger partial charge on any atom is -0.130 e. The first-order valence-corrected chi connectivity index (χ1v) is 7.76. The van der Waals surface area contributed by atoms with Crippen LogP contribution in [-0.2, 0) is 0 Å². The van der Waals surface area contributed by atoms with Crippen LogP contribution < -0.4 is 0 Å². The first-order valence-electron chi connectivity index (χ1n) is 5.35. The largest absolute Gasteiger partial charge is 0.130 e. The highest BCUT2D eigenvalue weighted by atomic mass is 35.5. The van der Waals surface area contributed by atoms with Gasteiger partial charge in [-0.2, -0.15) is 0 Å². The molecule has 0 bridgehead atoms. The summed E-state index contributed by atoms with van der Waals surface area (Å²) < 4.78 is 0. The molecule has 1 unspecified atom stereocenters. The van der Waals surface area contributed by atoms with Gasteiger partial charge in [0.05, 0.1) is 5.38 Å². The molecule has 1 atom stereocenters. The number of hydrogen-bond donors (Lipinski definition) is 0. The molecule has 2 rings (SSSR count). The molecule has 0 fully saturated rings. The second-order valence-corrected chi connectivity index (χ2v) is 5.96. The lowest BCUT2D eigenvalue weighted by molar-refractivity contribution is 1.13. The number of hydrogen-bond acceptors (Lipinski definition) is 1. The Balaban J connectivity index is 2.31.